The molecule has 3 nitrogen and oxygen atoms in total. The lowest BCUT2D eigenvalue weighted by molar-refractivity contribution is -0.131. The summed E-state index contributed by atoms with van der Waals surface area (Å²) >= 11 is 17.1. The van der Waals surface area contributed by atoms with E-state index >= 15 is 0 Å². The van der Waals surface area contributed by atoms with Crippen LogP contribution in [0.2, 0.25) is 5.02 Å². The van der Waals surface area contributed by atoms with Crippen molar-refractivity contribution in [1.82, 2.24) is 0 Å². The highest BCUT2D eigenvalue weighted by atomic mass is 79.9. The second-order valence-corrected chi connectivity index (χ2v) is 7.18. The van der Waals surface area contributed by atoms with E-state index in [1.54, 1.807) is 18.2 Å². The smallest absolute Gasteiger partial charge is 0.308 e. The molecule has 2 rings (SSSR count). The van der Waals surface area contributed by atoms with Gasteiger partial charge in [0.2, 0.25) is 0 Å². The predicted octanol–water partition coefficient (Wildman–Crippen LogP) is 6.24. The fraction of sp³-hybridized carbons (Fsp3) is 0.125. The highest BCUT2D eigenvalue weighted by molar-refractivity contribution is 9.10. The fourth-order valence-corrected chi connectivity index (χ4v) is 2.60. The highest BCUT2D eigenvalue weighted by Gasteiger charge is 2.03. The summed E-state index contributed by atoms with van der Waals surface area (Å²) in [5, 5.41) is 3.64. The molecule has 0 aliphatic carbocycles. The van der Waals surface area contributed by atoms with Gasteiger partial charge in [-0.2, -0.15) is 0 Å². The van der Waals surface area contributed by atoms with E-state index in [1.165, 1.54) is 6.92 Å². The second kappa shape index (κ2) is 10.0. The highest BCUT2D eigenvalue weighted by Crippen LogP contribution is 2.27. The summed E-state index contributed by atoms with van der Waals surface area (Å²) in [6, 6.07) is 12.8. The zero-order valence-corrected chi connectivity index (χ0v) is 17.1. The maximum absolute atomic E-state index is 10.6. The maximum Gasteiger partial charge on any atom is 0.308 e. The number of carbonyl (C=O) groups excluding carboxylic acids is 1. The first-order chi connectivity index (χ1) is 10.8. The molecule has 2 aromatic rings. The second-order valence-electron chi connectivity index (χ2n) is 4.36. The van der Waals surface area contributed by atoms with Gasteiger partial charge in [0.25, 0.3) is 0 Å². The lowest BCUT2D eigenvalue weighted by atomic mass is 10.3. The number of hydrogen-bond donors (Lipinski definition) is 1. The minimum atomic E-state index is -0.349. The van der Waals surface area contributed by atoms with Crippen LogP contribution in [0.4, 0.5) is 5.69 Å². The average molecular weight is 480 g/mol. The molecule has 0 fully saturated rings. The average Bonchev–Trinajstić information content (AvgIpc) is 2.44. The Morgan fingerprint density at radius 1 is 1.13 bits per heavy atom. The summed E-state index contributed by atoms with van der Waals surface area (Å²) in [5.74, 6) is 0.130. The summed E-state index contributed by atoms with van der Waals surface area (Å²) < 4.78 is 6.60. The van der Waals surface area contributed by atoms with Crippen molar-refractivity contribution >= 4 is 72.3 Å². The van der Waals surface area contributed by atoms with E-state index in [1.807, 2.05) is 31.2 Å². The Bertz CT molecular complexity index is 693. The summed E-state index contributed by atoms with van der Waals surface area (Å²) in [4.78, 5) is 11.4. The summed E-state index contributed by atoms with van der Waals surface area (Å²) in [7, 11) is 0. The van der Waals surface area contributed by atoms with Gasteiger partial charge in [0.05, 0.1) is 9.46 Å². The van der Waals surface area contributed by atoms with Crippen LogP contribution in [0.1, 0.15) is 13.8 Å². The van der Waals surface area contributed by atoms with E-state index < -0.39 is 0 Å². The Balaban J connectivity index is 0.000000231. The largest absolute Gasteiger partial charge is 0.426 e. The van der Waals surface area contributed by atoms with Crippen molar-refractivity contribution in [3.63, 3.8) is 0 Å². The van der Waals surface area contributed by atoms with Crippen LogP contribution in [0.3, 0.4) is 0 Å². The first-order valence-corrected chi connectivity index (χ1v) is 8.82. The number of halogens is 3. The van der Waals surface area contributed by atoms with Crippen molar-refractivity contribution in [2.24, 2.45) is 0 Å². The molecule has 0 aliphatic rings. The van der Waals surface area contributed by atoms with Gasteiger partial charge in [0.1, 0.15) is 5.75 Å². The molecule has 23 heavy (non-hydrogen) atoms. The number of nitrogens with one attached hydrogen (secondary N) is 1. The first kappa shape index (κ1) is 20.1. The SMILES string of the molecule is CC(=O)Oc1ccc(Cl)cc1Br.CC(=S)Nc1ccc(Br)cc1. The van der Waals surface area contributed by atoms with Gasteiger partial charge < -0.3 is 10.1 Å². The molecule has 0 bridgehead atoms. The molecule has 2 aromatic carbocycles. The molecule has 7 heteroatoms. The molecule has 0 radical (unpaired) electrons. The maximum atomic E-state index is 10.6. The quantitative estimate of drug-likeness (QED) is 0.315. The van der Waals surface area contributed by atoms with Crippen LogP contribution in [0.15, 0.2) is 51.4 Å². The van der Waals surface area contributed by atoms with Gasteiger partial charge in [-0.1, -0.05) is 39.7 Å². The first-order valence-electron chi connectivity index (χ1n) is 6.44. The number of esters is 1. The molecule has 0 heterocycles. The van der Waals surface area contributed by atoms with Crippen molar-refractivity contribution in [3.8, 4) is 5.75 Å². The van der Waals surface area contributed by atoms with Gasteiger partial charge in [-0.25, -0.2) is 0 Å². The monoisotopic (exact) mass is 477 g/mol. The van der Waals surface area contributed by atoms with Crippen LogP contribution < -0.4 is 10.1 Å². The standard InChI is InChI=1S/C8H6BrClO2.C8H8BrNS/c1-5(11)12-8-3-2-6(10)4-7(8)9;1-6(11)10-8-4-2-7(9)3-5-8/h2-4H,1H3;2-5H,1H3,(H,10,11). The number of carbonyl (C=O) groups is 1. The van der Waals surface area contributed by atoms with Crippen LogP contribution >= 0.6 is 55.7 Å². The van der Waals surface area contributed by atoms with Gasteiger partial charge >= 0.3 is 5.97 Å². The zero-order valence-electron chi connectivity index (χ0n) is 12.4. The minimum absolute atomic E-state index is 0.349. The van der Waals surface area contributed by atoms with Crippen LogP contribution in [0, 0.1) is 0 Å². The molecule has 1 N–H and O–H groups in total. The van der Waals surface area contributed by atoms with Gasteiger partial charge in [0, 0.05) is 22.1 Å². The Hall–Kier alpha value is -0.950. The molecule has 122 valence electrons. The van der Waals surface area contributed by atoms with E-state index in [0.717, 1.165) is 15.1 Å². The number of rotatable bonds is 2. The summed E-state index contributed by atoms with van der Waals surface area (Å²) in [6.07, 6.45) is 0. The number of hydrogen-bond acceptors (Lipinski definition) is 3. The molecule has 0 amide bonds. The molecule has 0 aliphatic heterocycles. The molecule has 0 saturated carbocycles. The lowest BCUT2D eigenvalue weighted by Gasteiger charge is -2.02. The van der Waals surface area contributed by atoms with Gasteiger partial charge in [-0.05, 0) is 65.3 Å². The Morgan fingerprint density at radius 3 is 2.22 bits per heavy atom. The summed E-state index contributed by atoms with van der Waals surface area (Å²) in [5.41, 5.74) is 1.03. The summed E-state index contributed by atoms with van der Waals surface area (Å²) in [6.45, 7) is 3.21. The van der Waals surface area contributed by atoms with Gasteiger partial charge in [-0.3, -0.25) is 4.79 Å². The van der Waals surface area contributed by atoms with E-state index in [0.29, 0.717) is 15.2 Å². The third-order valence-electron chi connectivity index (χ3n) is 2.31. The Labute approximate surface area is 162 Å². The fourth-order valence-electron chi connectivity index (χ4n) is 1.45. The molecular weight excluding hydrogens is 466 g/mol. The van der Waals surface area contributed by atoms with Crippen LogP contribution in [0.5, 0.6) is 5.75 Å². The number of benzene rings is 2. The molecule has 0 atom stereocenters. The molecule has 0 aromatic heterocycles. The topological polar surface area (TPSA) is 38.3 Å². The van der Waals surface area contributed by atoms with Gasteiger partial charge in [0.15, 0.2) is 0 Å². The van der Waals surface area contributed by atoms with E-state index in [2.05, 4.69) is 37.2 Å². The van der Waals surface area contributed by atoms with Crippen LogP contribution in [-0.4, -0.2) is 11.0 Å². The van der Waals surface area contributed by atoms with Crippen molar-refractivity contribution in [1.29, 1.82) is 0 Å². The third kappa shape index (κ3) is 8.46. The van der Waals surface area contributed by atoms with Crippen LogP contribution in [0.25, 0.3) is 0 Å². The lowest BCUT2D eigenvalue weighted by Crippen LogP contribution is -2.02. The minimum Gasteiger partial charge on any atom is -0.426 e. The number of thiocarbonyl (C=S) groups is 1. The van der Waals surface area contributed by atoms with Crippen LogP contribution in [-0.2, 0) is 4.79 Å². The van der Waals surface area contributed by atoms with Crippen molar-refractivity contribution in [3.05, 3.63) is 56.4 Å². The van der Waals surface area contributed by atoms with Gasteiger partial charge in [-0.15, -0.1) is 0 Å². The van der Waals surface area contributed by atoms with E-state index in [-0.39, 0.29) is 5.97 Å². The van der Waals surface area contributed by atoms with Crippen molar-refractivity contribution in [2.45, 2.75) is 13.8 Å². The molecular formula is C16H14Br2ClNO2S. The Morgan fingerprint density at radius 2 is 1.74 bits per heavy atom. The van der Waals surface area contributed by atoms with E-state index in [4.69, 9.17) is 28.6 Å². The predicted molar refractivity (Wildman–Crippen MR) is 106 cm³/mol. The van der Waals surface area contributed by atoms with E-state index in [9.17, 15) is 4.79 Å². The number of ether oxygens (including phenoxy) is 1. The molecule has 0 unspecified atom stereocenters. The third-order valence-corrected chi connectivity index (χ3v) is 3.80. The van der Waals surface area contributed by atoms with Crippen molar-refractivity contribution in [2.75, 3.05) is 5.32 Å². The molecule has 0 spiro atoms. The van der Waals surface area contributed by atoms with Crippen molar-refractivity contribution < 1.29 is 9.53 Å². The number of anilines is 1. The Kier molecular flexibility index (Phi) is 8.76. The normalized spacial score (nSPS) is 9.43. The molecule has 0 saturated heterocycles. The zero-order chi connectivity index (χ0) is 17.4.